The minimum Gasteiger partial charge on any atom is -0.294 e. The molecule has 1 rings (SSSR count). The largest absolute Gasteiger partial charge is 0.294 e. The average molecular weight is 234 g/mol. The molecule has 0 aromatic carbocycles. The fourth-order valence-corrected chi connectivity index (χ4v) is 0.815. The number of rotatable bonds is 1. The molecular formula is C5H3IN2O. The fraction of sp³-hybridized carbons (Fsp3) is 0. The second kappa shape index (κ2) is 2.86. The Morgan fingerprint density at radius 1 is 1.67 bits per heavy atom. The highest BCUT2D eigenvalue weighted by molar-refractivity contribution is 14.1. The Bertz CT molecular complexity index is 226. The molecule has 1 aromatic rings. The Balaban J connectivity index is 3.07. The van der Waals surface area contributed by atoms with E-state index < -0.39 is 0 Å². The van der Waals surface area contributed by atoms with Gasteiger partial charge in [0.2, 0.25) is 0 Å². The van der Waals surface area contributed by atoms with E-state index >= 15 is 0 Å². The van der Waals surface area contributed by atoms with Crippen LogP contribution < -0.4 is 0 Å². The predicted molar refractivity (Wildman–Crippen MR) is 40.1 cm³/mol. The summed E-state index contributed by atoms with van der Waals surface area (Å²) in [6, 6.07) is 1.73. The molecule has 4 heteroatoms. The second-order valence-corrected chi connectivity index (χ2v) is 2.46. The highest BCUT2D eigenvalue weighted by Crippen LogP contribution is 1.96. The second-order valence-electron chi connectivity index (χ2n) is 1.36. The van der Waals surface area contributed by atoms with Gasteiger partial charge in [-0.1, -0.05) is 0 Å². The minimum absolute atomic E-state index is 0.238. The maximum Gasteiger partial charge on any atom is 0.193 e. The van der Waals surface area contributed by atoms with Crippen LogP contribution in [0, 0.1) is 3.70 Å². The van der Waals surface area contributed by atoms with E-state index in [2.05, 4.69) is 9.97 Å². The van der Waals surface area contributed by atoms with Gasteiger partial charge in [-0.15, -0.1) is 0 Å². The first-order valence-corrected chi connectivity index (χ1v) is 3.34. The van der Waals surface area contributed by atoms with Crippen molar-refractivity contribution in [2.45, 2.75) is 0 Å². The van der Waals surface area contributed by atoms with Gasteiger partial charge in [-0.05, 0) is 28.7 Å². The third-order valence-electron chi connectivity index (χ3n) is 0.746. The van der Waals surface area contributed by atoms with Crippen LogP contribution in [-0.2, 0) is 0 Å². The molecule has 1 aromatic heterocycles. The molecule has 0 aliphatic carbocycles. The normalized spacial score (nSPS) is 9.00. The smallest absolute Gasteiger partial charge is 0.193 e. The van der Waals surface area contributed by atoms with Crippen molar-refractivity contribution in [3.8, 4) is 0 Å². The Labute approximate surface area is 65.7 Å². The van der Waals surface area contributed by atoms with Crippen LogP contribution in [0.1, 0.15) is 10.6 Å². The molecule has 1 heterocycles. The summed E-state index contributed by atoms with van der Waals surface area (Å²) in [6.07, 6.45) is 2.18. The number of hydrogen-bond donors (Lipinski definition) is 0. The number of nitrogens with zero attached hydrogens (tertiary/aromatic N) is 2. The Hall–Kier alpha value is -0.520. The third-order valence-corrected chi connectivity index (χ3v) is 1.35. The van der Waals surface area contributed by atoms with E-state index in [1.54, 1.807) is 12.3 Å². The molecule has 9 heavy (non-hydrogen) atoms. The van der Waals surface area contributed by atoms with Gasteiger partial charge in [0.05, 0.1) is 0 Å². The Kier molecular flexibility index (Phi) is 2.10. The first-order chi connectivity index (χ1) is 4.33. The maximum atomic E-state index is 10.0. The van der Waals surface area contributed by atoms with Gasteiger partial charge in [0.1, 0.15) is 3.70 Å². The van der Waals surface area contributed by atoms with E-state index in [1.807, 2.05) is 22.6 Å². The standard InChI is InChI=1S/C5H3IN2O/c6-4-1-2-7-5(3-9)8-4/h1-3H. The van der Waals surface area contributed by atoms with Gasteiger partial charge in [0.15, 0.2) is 12.1 Å². The Morgan fingerprint density at radius 2 is 2.44 bits per heavy atom. The number of carbonyl (C=O) groups excluding carboxylic acids is 1. The zero-order chi connectivity index (χ0) is 6.69. The van der Waals surface area contributed by atoms with Gasteiger partial charge in [0.25, 0.3) is 0 Å². The van der Waals surface area contributed by atoms with E-state index in [1.165, 1.54) is 0 Å². The van der Waals surface area contributed by atoms with E-state index in [0.717, 1.165) is 3.70 Å². The first kappa shape index (κ1) is 6.60. The average Bonchev–Trinajstić information content (AvgIpc) is 1.88. The van der Waals surface area contributed by atoms with Crippen molar-refractivity contribution in [1.82, 2.24) is 9.97 Å². The monoisotopic (exact) mass is 234 g/mol. The number of carbonyl (C=O) groups is 1. The highest BCUT2D eigenvalue weighted by atomic mass is 127. The van der Waals surface area contributed by atoms with Crippen LogP contribution in [0.25, 0.3) is 0 Å². The molecule has 0 aliphatic rings. The van der Waals surface area contributed by atoms with E-state index in [-0.39, 0.29) is 5.82 Å². The third kappa shape index (κ3) is 1.70. The van der Waals surface area contributed by atoms with Crippen molar-refractivity contribution in [2.24, 2.45) is 0 Å². The topological polar surface area (TPSA) is 42.9 Å². The van der Waals surface area contributed by atoms with Crippen molar-refractivity contribution in [3.05, 3.63) is 21.8 Å². The summed E-state index contributed by atoms with van der Waals surface area (Å²) in [7, 11) is 0. The van der Waals surface area contributed by atoms with E-state index in [0.29, 0.717) is 6.29 Å². The molecule has 0 N–H and O–H groups in total. The summed E-state index contributed by atoms with van der Waals surface area (Å²) in [6.45, 7) is 0. The van der Waals surface area contributed by atoms with Crippen molar-refractivity contribution in [3.63, 3.8) is 0 Å². The lowest BCUT2D eigenvalue weighted by atomic mass is 10.6. The van der Waals surface area contributed by atoms with Gasteiger partial charge in [-0.2, -0.15) is 0 Å². The molecule has 0 amide bonds. The SMILES string of the molecule is O=Cc1nccc(I)n1. The molecule has 0 saturated carbocycles. The quantitative estimate of drug-likeness (QED) is 0.411. The van der Waals surface area contributed by atoms with Crippen LogP contribution >= 0.6 is 22.6 Å². The van der Waals surface area contributed by atoms with Gasteiger partial charge in [-0.25, -0.2) is 9.97 Å². The predicted octanol–water partition coefficient (Wildman–Crippen LogP) is 0.894. The van der Waals surface area contributed by atoms with Crippen LogP contribution in [0.3, 0.4) is 0 Å². The van der Waals surface area contributed by atoms with Gasteiger partial charge in [0, 0.05) is 6.20 Å². The van der Waals surface area contributed by atoms with Gasteiger partial charge < -0.3 is 0 Å². The zero-order valence-corrected chi connectivity index (χ0v) is 6.57. The summed E-state index contributed by atoms with van der Waals surface area (Å²) >= 11 is 2.02. The molecule has 0 spiro atoms. The van der Waals surface area contributed by atoms with Crippen LogP contribution in [0.4, 0.5) is 0 Å². The highest BCUT2D eigenvalue weighted by Gasteiger charge is 1.90. The first-order valence-electron chi connectivity index (χ1n) is 2.26. The van der Waals surface area contributed by atoms with Crippen LogP contribution in [-0.4, -0.2) is 16.3 Å². The summed E-state index contributed by atoms with van der Waals surface area (Å²) < 4.78 is 0.782. The van der Waals surface area contributed by atoms with E-state index in [9.17, 15) is 4.79 Å². The molecule has 0 radical (unpaired) electrons. The summed E-state index contributed by atoms with van der Waals surface area (Å²) in [5, 5.41) is 0. The molecule has 46 valence electrons. The minimum atomic E-state index is 0.238. The number of aromatic nitrogens is 2. The summed E-state index contributed by atoms with van der Waals surface area (Å²) in [5.41, 5.74) is 0. The van der Waals surface area contributed by atoms with Gasteiger partial charge in [-0.3, -0.25) is 4.79 Å². The zero-order valence-electron chi connectivity index (χ0n) is 4.41. The lowest BCUT2D eigenvalue weighted by Gasteiger charge is -1.86. The van der Waals surface area contributed by atoms with Crippen molar-refractivity contribution in [1.29, 1.82) is 0 Å². The molecule has 0 unspecified atom stereocenters. The van der Waals surface area contributed by atoms with Crippen LogP contribution in [0.5, 0.6) is 0 Å². The van der Waals surface area contributed by atoms with Gasteiger partial charge >= 0.3 is 0 Å². The van der Waals surface area contributed by atoms with Crippen LogP contribution in [0.2, 0.25) is 0 Å². The molecule has 0 atom stereocenters. The number of aldehydes is 1. The number of hydrogen-bond acceptors (Lipinski definition) is 3. The summed E-state index contributed by atoms with van der Waals surface area (Å²) in [5.74, 6) is 0.238. The molecule has 0 saturated heterocycles. The molecule has 0 bridgehead atoms. The van der Waals surface area contributed by atoms with E-state index in [4.69, 9.17) is 0 Å². The fourth-order valence-electron chi connectivity index (χ4n) is 0.407. The molecular weight excluding hydrogens is 231 g/mol. The van der Waals surface area contributed by atoms with Crippen molar-refractivity contribution >= 4 is 28.9 Å². The lowest BCUT2D eigenvalue weighted by Crippen LogP contribution is -1.91. The molecule has 0 fully saturated rings. The number of halogens is 1. The Morgan fingerprint density at radius 3 is 2.89 bits per heavy atom. The van der Waals surface area contributed by atoms with Crippen LogP contribution in [0.15, 0.2) is 12.3 Å². The molecule has 0 aliphatic heterocycles. The van der Waals surface area contributed by atoms with Crippen molar-refractivity contribution in [2.75, 3.05) is 0 Å². The summed E-state index contributed by atoms with van der Waals surface area (Å²) in [4.78, 5) is 17.5. The van der Waals surface area contributed by atoms with Crippen molar-refractivity contribution < 1.29 is 4.79 Å². The maximum absolute atomic E-state index is 10.0. The molecule has 3 nitrogen and oxygen atoms in total. The lowest BCUT2D eigenvalue weighted by molar-refractivity contribution is 0.111.